The monoisotopic (exact) mass is 412 g/mol. The third-order valence-electron chi connectivity index (χ3n) is 4.59. The number of aromatic nitrogens is 2. The Morgan fingerprint density at radius 2 is 1.97 bits per heavy atom. The molecule has 1 amide bonds. The van der Waals surface area contributed by atoms with E-state index in [-0.39, 0.29) is 10.8 Å². The number of rotatable bonds is 5. The molecule has 0 atom stereocenters. The Morgan fingerprint density at radius 3 is 2.72 bits per heavy atom. The predicted molar refractivity (Wildman–Crippen MR) is 106 cm³/mol. The van der Waals surface area contributed by atoms with Crippen LogP contribution in [0.2, 0.25) is 0 Å². The molecule has 2 N–H and O–H groups in total. The molecule has 8 nitrogen and oxygen atoms in total. The van der Waals surface area contributed by atoms with Crippen molar-refractivity contribution in [3.05, 3.63) is 65.4 Å². The zero-order valence-electron chi connectivity index (χ0n) is 16.0. The maximum atomic E-state index is 13.4. The summed E-state index contributed by atoms with van der Waals surface area (Å²) in [5.41, 5.74) is 5.54. The molecule has 0 aliphatic carbocycles. The zero-order valence-corrected chi connectivity index (χ0v) is 16.8. The fourth-order valence-electron chi connectivity index (χ4n) is 3.30. The van der Waals surface area contributed by atoms with Crippen molar-refractivity contribution < 1.29 is 18.0 Å². The molecule has 0 saturated heterocycles. The third kappa shape index (κ3) is 3.50. The van der Waals surface area contributed by atoms with Gasteiger partial charge in [-0.3, -0.25) is 4.79 Å². The number of nitrogens with one attached hydrogen (secondary N) is 2. The van der Waals surface area contributed by atoms with E-state index in [0.29, 0.717) is 35.8 Å². The summed E-state index contributed by atoms with van der Waals surface area (Å²) >= 11 is 0. The van der Waals surface area contributed by atoms with Crippen molar-refractivity contribution in [2.75, 3.05) is 0 Å². The van der Waals surface area contributed by atoms with Gasteiger partial charge in [-0.1, -0.05) is 24.3 Å². The van der Waals surface area contributed by atoms with Crippen LogP contribution >= 0.6 is 0 Å². The molecule has 4 rings (SSSR count). The molecule has 1 aromatic heterocycles. The number of nitrogens with zero attached hydrogens (tertiary/aromatic N) is 2. The van der Waals surface area contributed by atoms with E-state index in [1.807, 2.05) is 13.0 Å². The van der Waals surface area contributed by atoms with Crippen molar-refractivity contribution in [1.29, 1.82) is 0 Å². The van der Waals surface area contributed by atoms with Crippen molar-refractivity contribution in [2.45, 2.75) is 31.8 Å². The van der Waals surface area contributed by atoms with Gasteiger partial charge in [0.2, 0.25) is 5.91 Å². The molecule has 0 spiro atoms. The third-order valence-corrected chi connectivity index (χ3v) is 6.16. The normalized spacial score (nSPS) is 13.2. The minimum Gasteiger partial charge on any atom is -0.379 e. The van der Waals surface area contributed by atoms with Gasteiger partial charge in [-0.15, -0.1) is 0 Å². The highest BCUT2D eigenvalue weighted by Crippen LogP contribution is 2.37. The summed E-state index contributed by atoms with van der Waals surface area (Å²) in [6, 6.07) is 13.6. The lowest BCUT2D eigenvalue weighted by molar-refractivity contribution is -0.125. The number of carbonyl (C=O) groups excluding carboxylic acids is 1. The second kappa shape index (κ2) is 7.34. The molecule has 2 heterocycles. The number of para-hydroxylation sites is 1. The molecule has 29 heavy (non-hydrogen) atoms. The highest BCUT2D eigenvalue weighted by atomic mass is 32.2. The largest absolute Gasteiger partial charge is 0.379 e. The lowest BCUT2D eigenvalue weighted by Gasteiger charge is -2.14. The van der Waals surface area contributed by atoms with Crippen molar-refractivity contribution in [1.82, 2.24) is 20.0 Å². The first kappa shape index (κ1) is 19.2. The van der Waals surface area contributed by atoms with Crippen molar-refractivity contribution >= 4 is 15.9 Å². The van der Waals surface area contributed by atoms with Crippen LogP contribution in [0.15, 0.2) is 53.4 Å². The van der Waals surface area contributed by atoms with Gasteiger partial charge >= 0.3 is 0 Å². The van der Waals surface area contributed by atoms with E-state index in [9.17, 15) is 13.2 Å². The van der Waals surface area contributed by atoms with Gasteiger partial charge in [0, 0.05) is 31.1 Å². The van der Waals surface area contributed by atoms with Crippen LogP contribution in [-0.2, 0) is 27.9 Å². The smallest absolute Gasteiger partial charge is 0.283 e. The lowest BCUT2D eigenvalue weighted by atomic mass is 10.1. The molecule has 9 heteroatoms. The minimum absolute atomic E-state index is 0.160. The van der Waals surface area contributed by atoms with Crippen LogP contribution in [0, 0.1) is 6.92 Å². The molecule has 1 aliphatic rings. The Bertz CT molecular complexity index is 1200. The highest BCUT2D eigenvalue weighted by Gasteiger charge is 2.31. The lowest BCUT2D eigenvalue weighted by Crippen LogP contribution is -2.24. The first-order valence-electron chi connectivity index (χ1n) is 9.04. The van der Waals surface area contributed by atoms with Crippen molar-refractivity contribution in [3.63, 3.8) is 0 Å². The van der Waals surface area contributed by atoms with Crippen LogP contribution in [-0.4, -0.2) is 23.5 Å². The number of hydroxylamine groups is 1. The number of hydrogen-bond donors (Lipinski definition) is 2. The zero-order chi connectivity index (χ0) is 20.6. The highest BCUT2D eigenvalue weighted by molar-refractivity contribution is 7.90. The van der Waals surface area contributed by atoms with E-state index in [4.69, 9.17) is 4.84 Å². The molecule has 3 aromatic rings. The number of hydrogen-bond acceptors (Lipinski definition) is 6. The molecule has 2 aromatic carbocycles. The minimum atomic E-state index is -3.93. The average Bonchev–Trinajstić information content (AvgIpc) is 3.28. The summed E-state index contributed by atoms with van der Waals surface area (Å²) in [6.07, 6.45) is 0. The van der Waals surface area contributed by atoms with Gasteiger partial charge in [0.05, 0.1) is 16.3 Å². The second-order valence-electron chi connectivity index (χ2n) is 6.80. The standard InChI is InChI=1S/C20H20N4O4S/c1-13-6-5-7-15(10-13)29(26,27)24-20(17-11-21-12-18(17)22-24)16-8-3-4-9-19(16)28-23-14(2)25/h3-10,21H,11-12H2,1-2H3,(H,23,25). The molecule has 150 valence electrons. The second-order valence-corrected chi connectivity index (χ2v) is 8.57. The Balaban J connectivity index is 1.91. The molecule has 0 bridgehead atoms. The number of fused-ring (bicyclic) bond motifs is 1. The van der Waals surface area contributed by atoms with Crippen LogP contribution in [0.4, 0.5) is 0 Å². The molecule has 0 saturated carbocycles. The van der Waals surface area contributed by atoms with E-state index in [1.165, 1.54) is 6.92 Å². The van der Waals surface area contributed by atoms with Crippen LogP contribution < -0.4 is 15.6 Å². The van der Waals surface area contributed by atoms with Gasteiger partial charge in [0.1, 0.15) is 0 Å². The van der Waals surface area contributed by atoms with Crippen LogP contribution in [0.5, 0.6) is 5.75 Å². The summed E-state index contributed by atoms with van der Waals surface area (Å²) in [7, 11) is -3.93. The van der Waals surface area contributed by atoms with Gasteiger partial charge < -0.3 is 10.2 Å². The predicted octanol–water partition coefficient (Wildman–Crippen LogP) is 2.13. The van der Waals surface area contributed by atoms with E-state index >= 15 is 0 Å². The van der Waals surface area contributed by atoms with Gasteiger partial charge in [-0.05, 0) is 36.8 Å². The van der Waals surface area contributed by atoms with E-state index in [1.54, 1.807) is 42.5 Å². The van der Waals surface area contributed by atoms with Crippen LogP contribution in [0.25, 0.3) is 11.3 Å². The van der Waals surface area contributed by atoms with Gasteiger partial charge in [0.25, 0.3) is 10.0 Å². The van der Waals surface area contributed by atoms with E-state index < -0.39 is 10.0 Å². The van der Waals surface area contributed by atoms with Gasteiger partial charge in [-0.2, -0.15) is 23.1 Å². The van der Waals surface area contributed by atoms with E-state index in [0.717, 1.165) is 15.2 Å². The number of carbonyl (C=O) groups is 1. The maximum Gasteiger partial charge on any atom is 0.283 e. The summed E-state index contributed by atoms with van der Waals surface area (Å²) in [5.74, 6) is -0.0365. The average molecular weight is 412 g/mol. The number of aryl methyl sites for hydroxylation is 1. The Hall–Kier alpha value is -3.17. The summed E-state index contributed by atoms with van der Waals surface area (Å²) in [4.78, 5) is 16.9. The quantitative estimate of drug-likeness (QED) is 0.623. The van der Waals surface area contributed by atoms with Crippen molar-refractivity contribution in [2.24, 2.45) is 0 Å². The number of amides is 1. The topological polar surface area (TPSA) is 102 Å². The molecule has 0 radical (unpaired) electrons. The molecule has 0 fully saturated rings. The Morgan fingerprint density at radius 1 is 1.17 bits per heavy atom. The summed E-state index contributed by atoms with van der Waals surface area (Å²) in [5, 5.41) is 7.60. The SMILES string of the molecule is CC(=O)NOc1ccccc1-c1c2c(nn1S(=O)(=O)c1cccc(C)c1)CNC2. The van der Waals surface area contributed by atoms with Crippen LogP contribution in [0.1, 0.15) is 23.7 Å². The Kier molecular flexibility index (Phi) is 4.85. The first-order chi connectivity index (χ1) is 13.9. The van der Waals surface area contributed by atoms with Gasteiger partial charge in [-0.25, -0.2) is 0 Å². The molecular formula is C20H20N4O4S. The fraction of sp³-hybridized carbons (Fsp3) is 0.200. The molecular weight excluding hydrogens is 392 g/mol. The van der Waals surface area contributed by atoms with Gasteiger partial charge in [0.15, 0.2) is 5.75 Å². The Labute approximate surface area is 168 Å². The molecule has 0 unspecified atom stereocenters. The molecule has 1 aliphatic heterocycles. The summed E-state index contributed by atoms with van der Waals surface area (Å²) in [6.45, 7) is 4.13. The first-order valence-corrected chi connectivity index (χ1v) is 10.5. The number of benzene rings is 2. The maximum absolute atomic E-state index is 13.4. The van der Waals surface area contributed by atoms with Crippen LogP contribution in [0.3, 0.4) is 0 Å². The summed E-state index contributed by atoms with van der Waals surface area (Å²) < 4.78 is 27.9. The van der Waals surface area contributed by atoms with Crippen molar-refractivity contribution in [3.8, 4) is 17.0 Å². The fourth-order valence-corrected chi connectivity index (χ4v) is 4.74. The van der Waals surface area contributed by atoms with E-state index in [2.05, 4.69) is 15.9 Å².